The molecule has 35 heavy (non-hydrogen) atoms. The van der Waals surface area contributed by atoms with Crippen molar-refractivity contribution in [2.24, 2.45) is 0 Å². The lowest BCUT2D eigenvalue weighted by atomic mass is 10.1. The van der Waals surface area contributed by atoms with Crippen LogP contribution in [0.5, 0.6) is 0 Å². The fourth-order valence-electron chi connectivity index (χ4n) is 3.54. The Balaban J connectivity index is 1.37. The summed E-state index contributed by atoms with van der Waals surface area (Å²) in [5, 5.41) is 20.5. The highest BCUT2D eigenvalue weighted by molar-refractivity contribution is 7.13. The van der Waals surface area contributed by atoms with Gasteiger partial charge in [0.15, 0.2) is 0 Å². The molecular formula is C26H25N5O3S. The molecular weight excluding hydrogens is 462 g/mol. The summed E-state index contributed by atoms with van der Waals surface area (Å²) < 4.78 is 0. The molecule has 0 fully saturated rings. The van der Waals surface area contributed by atoms with Gasteiger partial charge < -0.3 is 10.6 Å². The van der Waals surface area contributed by atoms with Crippen LogP contribution in [0.2, 0.25) is 0 Å². The fraction of sp³-hybridized carbons (Fsp3) is 0.192. The molecule has 0 aliphatic carbocycles. The third-order valence-corrected chi connectivity index (χ3v) is 6.42. The summed E-state index contributed by atoms with van der Waals surface area (Å²) in [4.78, 5) is 32.7. The minimum atomic E-state index is -0.494. The van der Waals surface area contributed by atoms with Gasteiger partial charge in [0.05, 0.1) is 22.4 Å². The average Bonchev–Trinajstić information content (AvgIpc) is 3.34. The Morgan fingerprint density at radius 3 is 2.66 bits per heavy atom. The number of carbonyl (C=O) groups excluding carboxylic acids is 1. The molecule has 0 saturated heterocycles. The van der Waals surface area contributed by atoms with Gasteiger partial charge in [-0.25, -0.2) is 4.98 Å². The Morgan fingerprint density at radius 1 is 1.14 bits per heavy atom. The van der Waals surface area contributed by atoms with E-state index < -0.39 is 4.92 Å². The summed E-state index contributed by atoms with van der Waals surface area (Å²) >= 11 is 1.56. The van der Waals surface area contributed by atoms with E-state index in [4.69, 9.17) is 0 Å². The van der Waals surface area contributed by atoms with Gasteiger partial charge in [-0.1, -0.05) is 35.9 Å². The van der Waals surface area contributed by atoms with E-state index in [-0.39, 0.29) is 23.2 Å². The molecule has 2 aromatic heterocycles. The van der Waals surface area contributed by atoms with E-state index >= 15 is 0 Å². The summed E-state index contributed by atoms with van der Waals surface area (Å²) in [6, 6.07) is 17.9. The predicted molar refractivity (Wildman–Crippen MR) is 138 cm³/mol. The van der Waals surface area contributed by atoms with Gasteiger partial charge in [-0.3, -0.25) is 19.9 Å². The lowest BCUT2D eigenvalue weighted by molar-refractivity contribution is -0.384. The second-order valence-electron chi connectivity index (χ2n) is 8.13. The molecule has 0 bridgehead atoms. The first-order valence-electron chi connectivity index (χ1n) is 11.2. The maximum absolute atomic E-state index is 12.6. The summed E-state index contributed by atoms with van der Waals surface area (Å²) in [6.07, 6.45) is 2.24. The molecule has 2 heterocycles. The van der Waals surface area contributed by atoms with Crippen LogP contribution in [0.3, 0.4) is 0 Å². The number of rotatable bonds is 9. The van der Waals surface area contributed by atoms with Crippen molar-refractivity contribution in [1.29, 1.82) is 0 Å². The van der Waals surface area contributed by atoms with E-state index in [1.165, 1.54) is 11.6 Å². The van der Waals surface area contributed by atoms with Crippen LogP contribution in [0.1, 0.15) is 40.3 Å². The molecule has 9 heteroatoms. The van der Waals surface area contributed by atoms with Crippen LogP contribution in [-0.2, 0) is 6.42 Å². The number of nitrogens with one attached hydrogen (secondary N) is 2. The quantitative estimate of drug-likeness (QED) is 0.236. The number of carbonyl (C=O) groups is 1. The van der Waals surface area contributed by atoms with Crippen molar-refractivity contribution in [3.05, 3.63) is 105 Å². The normalized spacial score (nSPS) is 11.6. The smallest absolute Gasteiger partial charge is 0.293 e. The molecule has 2 aromatic carbocycles. The van der Waals surface area contributed by atoms with E-state index in [0.29, 0.717) is 18.7 Å². The zero-order valence-electron chi connectivity index (χ0n) is 19.4. The summed E-state index contributed by atoms with van der Waals surface area (Å²) in [5.41, 5.74) is 4.30. The molecule has 1 atom stereocenters. The standard InChI is InChI=1S/C26H25N5O3S/c1-17-6-8-19(9-7-17)26-30-21(16-35-26)12-14-28-25(32)20-10-11-23(24(15-20)31(33)34)29-18(2)22-5-3-4-13-27-22/h3-11,13,15-16,18,29H,12,14H2,1-2H3,(H,28,32). The van der Waals surface area contributed by atoms with Crippen molar-refractivity contribution < 1.29 is 9.72 Å². The molecule has 4 aromatic rings. The van der Waals surface area contributed by atoms with Gasteiger partial charge >= 0.3 is 0 Å². The molecule has 0 aliphatic heterocycles. The van der Waals surface area contributed by atoms with Gasteiger partial charge in [-0.15, -0.1) is 11.3 Å². The average molecular weight is 488 g/mol. The SMILES string of the molecule is Cc1ccc(-c2nc(CCNC(=O)c3ccc(NC(C)c4ccccn4)c([N+](=O)[O-])c3)cs2)cc1. The zero-order valence-corrected chi connectivity index (χ0v) is 20.2. The molecule has 0 saturated carbocycles. The largest absolute Gasteiger partial charge is 0.371 e. The predicted octanol–water partition coefficient (Wildman–Crippen LogP) is 5.57. The van der Waals surface area contributed by atoms with E-state index in [0.717, 1.165) is 22.0 Å². The van der Waals surface area contributed by atoms with Crippen molar-refractivity contribution in [2.45, 2.75) is 26.3 Å². The summed E-state index contributed by atoms with van der Waals surface area (Å²) in [5.74, 6) is -0.369. The molecule has 1 amide bonds. The third kappa shape index (κ3) is 6.07. The third-order valence-electron chi connectivity index (χ3n) is 5.48. The Kier molecular flexibility index (Phi) is 7.47. The maximum Gasteiger partial charge on any atom is 0.293 e. The van der Waals surface area contributed by atoms with Crippen molar-refractivity contribution >= 4 is 28.6 Å². The number of hydrogen-bond acceptors (Lipinski definition) is 7. The molecule has 1 unspecified atom stereocenters. The topological polar surface area (TPSA) is 110 Å². The van der Waals surface area contributed by atoms with Crippen molar-refractivity contribution in [3.8, 4) is 10.6 Å². The number of pyridine rings is 1. The molecule has 0 radical (unpaired) electrons. The van der Waals surface area contributed by atoms with E-state index in [2.05, 4.69) is 32.7 Å². The minimum Gasteiger partial charge on any atom is -0.371 e. The second kappa shape index (κ2) is 10.9. The first-order chi connectivity index (χ1) is 16.9. The fourth-order valence-corrected chi connectivity index (χ4v) is 4.40. The number of nitro groups is 1. The number of amides is 1. The maximum atomic E-state index is 12.6. The molecule has 4 rings (SSSR count). The van der Waals surface area contributed by atoms with E-state index in [9.17, 15) is 14.9 Å². The Morgan fingerprint density at radius 2 is 1.94 bits per heavy atom. The van der Waals surface area contributed by atoms with Gasteiger partial charge in [-0.2, -0.15) is 0 Å². The summed E-state index contributed by atoms with van der Waals surface area (Å²) in [6.45, 7) is 4.29. The Hall–Kier alpha value is -4.11. The highest BCUT2D eigenvalue weighted by Crippen LogP contribution is 2.29. The van der Waals surface area contributed by atoms with Gasteiger partial charge in [0, 0.05) is 41.7 Å². The lowest BCUT2D eigenvalue weighted by Gasteiger charge is -2.15. The first-order valence-corrected chi connectivity index (χ1v) is 12.0. The van der Waals surface area contributed by atoms with Crippen LogP contribution < -0.4 is 10.6 Å². The highest BCUT2D eigenvalue weighted by Gasteiger charge is 2.19. The molecule has 178 valence electrons. The lowest BCUT2D eigenvalue weighted by Crippen LogP contribution is -2.26. The number of aryl methyl sites for hydroxylation is 1. The van der Waals surface area contributed by atoms with Crippen LogP contribution in [0.4, 0.5) is 11.4 Å². The molecule has 0 spiro atoms. The van der Waals surface area contributed by atoms with Gasteiger partial charge in [0.25, 0.3) is 11.6 Å². The number of thiazole rings is 1. The monoisotopic (exact) mass is 487 g/mol. The number of anilines is 1. The number of hydrogen-bond donors (Lipinski definition) is 2. The molecule has 0 aliphatic rings. The number of nitro benzene ring substituents is 1. The first kappa shape index (κ1) is 24.0. The van der Waals surface area contributed by atoms with Crippen LogP contribution in [0, 0.1) is 17.0 Å². The van der Waals surface area contributed by atoms with Crippen LogP contribution in [-0.4, -0.2) is 27.3 Å². The number of nitrogens with zero attached hydrogens (tertiary/aromatic N) is 3. The van der Waals surface area contributed by atoms with Crippen molar-refractivity contribution in [3.63, 3.8) is 0 Å². The number of benzene rings is 2. The van der Waals surface area contributed by atoms with Gasteiger partial charge in [-0.05, 0) is 38.1 Å². The van der Waals surface area contributed by atoms with Crippen molar-refractivity contribution in [1.82, 2.24) is 15.3 Å². The number of aromatic nitrogens is 2. The van der Waals surface area contributed by atoms with Crippen LogP contribution >= 0.6 is 11.3 Å². The van der Waals surface area contributed by atoms with Crippen LogP contribution in [0.25, 0.3) is 10.6 Å². The van der Waals surface area contributed by atoms with E-state index in [1.807, 2.05) is 49.6 Å². The van der Waals surface area contributed by atoms with Crippen LogP contribution in [0.15, 0.2) is 72.2 Å². The van der Waals surface area contributed by atoms with Gasteiger partial charge in [0.2, 0.25) is 0 Å². The van der Waals surface area contributed by atoms with Gasteiger partial charge in [0.1, 0.15) is 10.7 Å². The Labute approximate surface area is 207 Å². The zero-order chi connectivity index (χ0) is 24.8. The second-order valence-corrected chi connectivity index (χ2v) is 8.98. The van der Waals surface area contributed by atoms with E-state index in [1.54, 1.807) is 29.7 Å². The molecule has 8 nitrogen and oxygen atoms in total. The van der Waals surface area contributed by atoms with Crippen molar-refractivity contribution in [2.75, 3.05) is 11.9 Å². The highest BCUT2D eigenvalue weighted by atomic mass is 32.1. The minimum absolute atomic E-state index is 0.164. The Bertz CT molecular complexity index is 1320. The summed E-state index contributed by atoms with van der Waals surface area (Å²) in [7, 11) is 0. The molecule has 2 N–H and O–H groups in total.